The van der Waals surface area contributed by atoms with Crippen LogP contribution in [0, 0.1) is 10.1 Å². The second kappa shape index (κ2) is 8.57. The van der Waals surface area contributed by atoms with Crippen LogP contribution in [0.5, 0.6) is 5.75 Å². The van der Waals surface area contributed by atoms with Crippen molar-refractivity contribution in [3.63, 3.8) is 0 Å². The number of aromatic nitrogens is 1. The highest BCUT2D eigenvalue weighted by Gasteiger charge is 2.18. The summed E-state index contributed by atoms with van der Waals surface area (Å²) < 4.78 is 33.1. The van der Waals surface area contributed by atoms with Gasteiger partial charge in [-0.2, -0.15) is 0 Å². The van der Waals surface area contributed by atoms with Gasteiger partial charge in [0.25, 0.3) is 15.7 Å². The fourth-order valence-electron chi connectivity index (χ4n) is 2.50. The Hall–Kier alpha value is -3.99. The number of anilines is 1. The van der Waals surface area contributed by atoms with E-state index in [0.717, 1.165) is 6.07 Å². The predicted molar refractivity (Wildman–Crippen MR) is 107 cm³/mol. The Kier molecular flexibility index (Phi) is 5.93. The van der Waals surface area contributed by atoms with Crippen LogP contribution in [0.25, 0.3) is 0 Å². The van der Waals surface area contributed by atoms with Crippen molar-refractivity contribution in [2.45, 2.75) is 11.5 Å². The summed E-state index contributed by atoms with van der Waals surface area (Å²) in [4.78, 5) is 25.1. The number of carbonyl (C=O) groups excluding carboxylic acids is 1. The zero-order chi connectivity index (χ0) is 21.7. The summed E-state index contributed by atoms with van der Waals surface area (Å²) in [5, 5.41) is 10.9. The lowest BCUT2D eigenvalue weighted by Gasteiger charge is -2.11. The molecule has 0 aliphatic heterocycles. The highest BCUT2D eigenvalue weighted by Crippen LogP contribution is 2.21. The number of pyridine rings is 1. The number of sulfonamides is 1. The van der Waals surface area contributed by atoms with E-state index in [0.29, 0.717) is 11.3 Å². The van der Waals surface area contributed by atoms with Crippen molar-refractivity contribution < 1.29 is 22.9 Å². The van der Waals surface area contributed by atoms with Gasteiger partial charge >= 0.3 is 0 Å². The number of nitrogens with one attached hydrogen (secondary N) is 1. The molecule has 1 amide bonds. The maximum Gasteiger partial charge on any atom is 0.270 e. The van der Waals surface area contributed by atoms with Crippen LogP contribution in [0.15, 0.2) is 71.9 Å². The SMILES string of the molecule is NC(=O)c1cncc(OCc2cccc(NS(=O)(=O)c3cccc([N+](=O)[O-])c3)c2)c1. The average molecular weight is 428 g/mol. The minimum atomic E-state index is -4.02. The molecule has 3 N–H and O–H groups in total. The number of rotatable bonds is 8. The number of hydrogen-bond donors (Lipinski definition) is 2. The number of benzene rings is 2. The third-order valence-electron chi connectivity index (χ3n) is 3.92. The standard InChI is InChI=1S/C19H16N4O6S/c20-19(24)14-8-17(11-21-10-14)29-12-13-3-1-4-15(7-13)22-30(27,28)18-6-2-5-16(9-18)23(25)26/h1-11,22H,12H2,(H2,20,24). The number of nitrogens with two attached hydrogens (primary N) is 1. The van der Waals surface area contributed by atoms with Crippen molar-refractivity contribution in [2.75, 3.05) is 4.72 Å². The first-order chi connectivity index (χ1) is 14.2. The van der Waals surface area contributed by atoms with Crippen molar-refractivity contribution in [1.29, 1.82) is 0 Å². The van der Waals surface area contributed by atoms with Gasteiger partial charge in [-0.05, 0) is 29.8 Å². The summed E-state index contributed by atoms with van der Waals surface area (Å²) >= 11 is 0. The Morgan fingerprint density at radius 2 is 1.90 bits per heavy atom. The number of ether oxygens (including phenoxy) is 1. The molecule has 0 spiro atoms. The van der Waals surface area contributed by atoms with Gasteiger partial charge in [0.2, 0.25) is 5.91 Å². The molecule has 0 saturated heterocycles. The van der Waals surface area contributed by atoms with E-state index >= 15 is 0 Å². The number of carbonyl (C=O) groups is 1. The summed E-state index contributed by atoms with van der Waals surface area (Å²) in [6, 6.07) is 12.6. The van der Waals surface area contributed by atoms with Gasteiger partial charge < -0.3 is 10.5 Å². The largest absolute Gasteiger partial charge is 0.487 e. The summed E-state index contributed by atoms with van der Waals surface area (Å²) in [6.45, 7) is 0.0796. The number of nitro benzene ring substituents is 1. The van der Waals surface area contributed by atoms with Crippen molar-refractivity contribution in [2.24, 2.45) is 5.73 Å². The van der Waals surface area contributed by atoms with E-state index in [1.807, 2.05) is 0 Å². The molecule has 10 nitrogen and oxygen atoms in total. The van der Waals surface area contributed by atoms with Gasteiger partial charge in [-0.15, -0.1) is 0 Å². The molecule has 0 aliphatic rings. The fraction of sp³-hybridized carbons (Fsp3) is 0.0526. The highest BCUT2D eigenvalue weighted by molar-refractivity contribution is 7.92. The molecule has 0 radical (unpaired) electrons. The fourth-order valence-corrected chi connectivity index (χ4v) is 3.59. The van der Waals surface area contributed by atoms with Crippen LogP contribution in [0.1, 0.15) is 15.9 Å². The Labute approximate surface area is 171 Å². The highest BCUT2D eigenvalue weighted by atomic mass is 32.2. The van der Waals surface area contributed by atoms with E-state index in [-0.39, 0.29) is 28.4 Å². The van der Waals surface area contributed by atoms with E-state index in [9.17, 15) is 23.3 Å². The summed E-state index contributed by atoms with van der Waals surface area (Å²) in [7, 11) is -4.02. The van der Waals surface area contributed by atoms with Gasteiger partial charge in [0.05, 0.1) is 21.6 Å². The average Bonchev–Trinajstić information content (AvgIpc) is 2.72. The molecule has 2 aromatic carbocycles. The lowest BCUT2D eigenvalue weighted by atomic mass is 10.2. The number of nitrogens with zero attached hydrogens (tertiary/aromatic N) is 2. The maximum absolute atomic E-state index is 12.6. The van der Waals surface area contributed by atoms with Crippen LogP contribution in [0.4, 0.5) is 11.4 Å². The molecule has 0 fully saturated rings. The van der Waals surface area contributed by atoms with E-state index in [4.69, 9.17) is 10.5 Å². The first kappa shape index (κ1) is 20.7. The first-order valence-electron chi connectivity index (χ1n) is 8.48. The molecular weight excluding hydrogens is 412 g/mol. The molecule has 0 aliphatic carbocycles. The van der Waals surface area contributed by atoms with E-state index in [1.54, 1.807) is 18.2 Å². The minimum absolute atomic E-state index is 0.0796. The van der Waals surface area contributed by atoms with Crippen LogP contribution in [0.3, 0.4) is 0 Å². The third-order valence-corrected chi connectivity index (χ3v) is 5.30. The zero-order valence-corrected chi connectivity index (χ0v) is 16.2. The predicted octanol–water partition coefficient (Wildman–Crippen LogP) is 2.47. The van der Waals surface area contributed by atoms with E-state index in [2.05, 4.69) is 9.71 Å². The van der Waals surface area contributed by atoms with Gasteiger partial charge in [0.1, 0.15) is 12.4 Å². The Morgan fingerprint density at radius 3 is 2.63 bits per heavy atom. The van der Waals surface area contributed by atoms with Crippen LogP contribution in [-0.2, 0) is 16.6 Å². The van der Waals surface area contributed by atoms with Crippen molar-refractivity contribution in [1.82, 2.24) is 4.98 Å². The molecule has 30 heavy (non-hydrogen) atoms. The molecule has 11 heteroatoms. The molecular formula is C19H16N4O6S. The van der Waals surface area contributed by atoms with Gasteiger partial charge in [-0.3, -0.25) is 24.6 Å². The molecule has 0 bridgehead atoms. The monoisotopic (exact) mass is 428 g/mol. The summed E-state index contributed by atoms with van der Waals surface area (Å²) in [5.41, 5.74) is 5.97. The number of amides is 1. The molecule has 0 atom stereocenters. The van der Waals surface area contributed by atoms with Crippen molar-refractivity contribution in [3.8, 4) is 5.75 Å². The van der Waals surface area contributed by atoms with Gasteiger partial charge in [-0.25, -0.2) is 8.42 Å². The van der Waals surface area contributed by atoms with E-state index in [1.165, 1.54) is 42.7 Å². The van der Waals surface area contributed by atoms with Crippen molar-refractivity contribution >= 4 is 27.3 Å². The Morgan fingerprint density at radius 1 is 1.13 bits per heavy atom. The van der Waals surface area contributed by atoms with E-state index < -0.39 is 20.9 Å². The topological polar surface area (TPSA) is 155 Å². The van der Waals surface area contributed by atoms with Crippen molar-refractivity contribution in [3.05, 3.63) is 88.2 Å². The number of primary amides is 1. The second-order valence-electron chi connectivity index (χ2n) is 6.12. The summed E-state index contributed by atoms with van der Waals surface area (Å²) in [5.74, 6) is -0.306. The van der Waals surface area contributed by atoms with Gasteiger partial charge in [-0.1, -0.05) is 18.2 Å². The number of hydrogen-bond acceptors (Lipinski definition) is 7. The molecule has 0 saturated carbocycles. The molecule has 0 unspecified atom stereocenters. The maximum atomic E-state index is 12.6. The quantitative estimate of drug-likeness (QED) is 0.412. The number of non-ortho nitro benzene ring substituents is 1. The molecule has 154 valence electrons. The number of nitro groups is 1. The lowest BCUT2D eigenvalue weighted by Crippen LogP contribution is -2.13. The van der Waals surface area contributed by atoms with Crippen LogP contribution < -0.4 is 15.2 Å². The van der Waals surface area contributed by atoms with Crippen LogP contribution >= 0.6 is 0 Å². The Bertz CT molecular complexity index is 1210. The molecule has 1 heterocycles. The van der Waals surface area contributed by atoms with Crippen LogP contribution in [0.2, 0.25) is 0 Å². The summed E-state index contributed by atoms with van der Waals surface area (Å²) in [6.07, 6.45) is 2.74. The normalized spacial score (nSPS) is 10.9. The smallest absolute Gasteiger partial charge is 0.270 e. The molecule has 1 aromatic heterocycles. The minimum Gasteiger partial charge on any atom is -0.487 e. The lowest BCUT2D eigenvalue weighted by molar-refractivity contribution is -0.385. The third kappa shape index (κ3) is 5.08. The molecule has 3 rings (SSSR count). The van der Waals surface area contributed by atoms with Gasteiger partial charge in [0.15, 0.2) is 0 Å². The van der Waals surface area contributed by atoms with Gasteiger partial charge in [0, 0.05) is 24.0 Å². The first-order valence-corrected chi connectivity index (χ1v) is 9.97. The van der Waals surface area contributed by atoms with Crippen LogP contribution in [-0.4, -0.2) is 24.2 Å². The Balaban J connectivity index is 1.74. The zero-order valence-electron chi connectivity index (χ0n) is 15.4. The molecule has 3 aromatic rings. The second-order valence-corrected chi connectivity index (χ2v) is 7.80.